The minimum atomic E-state index is -0.0820. The highest BCUT2D eigenvalue weighted by Gasteiger charge is 2.07. The van der Waals surface area contributed by atoms with Crippen LogP contribution in [-0.2, 0) is 0 Å². The van der Waals surface area contributed by atoms with Crippen LogP contribution in [-0.4, -0.2) is 9.97 Å². The van der Waals surface area contributed by atoms with Crippen LogP contribution in [0.25, 0.3) is 22.0 Å². The first-order valence-electron chi connectivity index (χ1n) is 5.51. The number of hydrogen-bond donors (Lipinski definition) is 2. The molecule has 0 aliphatic rings. The summed E-state index contributed by atoms with van der Waals surface area (Å²) in [5.74, 6) is 0. The second-order valence-electron chi connectivity index (χ2n) is 4.17. The van der Waals surface area contributed by atoms with Crippen LogP contribution >= 0.6 is 0 Å². The molecule has 0 aliphatic heterocycles. The fourth-order valence-electron chi connectivity index (χ4n) is 2.12. The SMILES string of the molecule is Cc1cccc(-c2c[nH]c3c(=O)[nH]ccc23)c1. The highest BCUT2D eigenvalue weighted by atomic mass is 16.1. The Hall–Kier alpha value is -2.29. The van der Waals surface area contributed by atoms with Crippen LogP contribution in [0.4, 0.5) is 0 Å². The highest BCUT2D eigenvalue weighted by molar-refractivity contribution is 5.94. The second-order valence-corrected chi connectivity index (χ2v) is 4.17. The molecule has 0 fully saturated rings. The lowest BCUT2D eigenvalue weighted by atomic mass is 10.0. The van der Waals surface area contributed by atoms with Crippen LogP contribution in [0, 0.1) is 6.92 Å². The Bertz CT molecular complexity index is 737. The van der Waals surface area contributed by atoms with E-state index in [4.69, 9.17) is 0 Å². The summed E-state index contributed by atoms with van der Waals surface area (Å²) in [5.41, 5.74) is 3.95. The van der Waals surface area contributed by atoms with Gasteiger partial charge < -0.3 is 9.97 Å². The molecule has 0 amide bonds. The molecule has 0 atom stereocenters. The van der Waals surface area contributed by atoms with Crippen molar-refractivity contribution in [1.29, 1.82) is 0 Å². The van der Waals surface area contributed by atoms with E-state index >= 15 is 0 Å². The van der Waals surface area contributed by atoms with E-state index in [1.807, 2.05) is 18.3 Å². The Morgan fingerprint density at radius 2 is 2.00 bits per heavy atom. The van der Waals surface area contributed by atoms with Gasteiger partial charge in [-0.3, -0.25) is 4.79 Å². The van der Waals surface area contributed by atoms with Crippen LogP contribution in [0.2, 0.25) is 0 Å². The Balaban J connectivity index is 2.32. The van der Waals surface area contributed by atoms with Gasteiger partial charge in [-0.1, -0.05) is 29.8 Å². The van der Waals surface area contributed by atoms with E-state index < -0.39 is 0 Å². The van der Waals surface area contributed by atoms with E-state index in [2.05, 4.69) is 35.1 Å². The van der Waals surface area contributed by atoms with Crippen molar-refractivity contribution in [2.45, 2.75) is 6.92 Å². The molecule has 0 bridgehead atoms. The molecule has 17 heavy (non-hydrogen) atoms. The number of aromatic nitrogens is 2. The average molecular weight is 224 g/mol. The zero-order valence-corrected chi connectivity index (χ0v) is 9.45. The summed E-state index contributed by atoms with van der Waals surface area (Å²) >= 11 is 0. The molecule has 3 aromatic rings. The molecule has 84 valence electrons. The molecule has 3 rings (SSSR count). The third-order valence-corrected chi connectivity index (χ3v) is 2.94. The molecule has 3 heteroatoms. The normalized spacial score (nSPS) is 10.9. The van der Waals surface area contributed by atoms with Crippen molar-refractivity contribution in [2.24, 2.45) is 0 Å². The van der Waals surface area contributed by atoms with Gasteiger partial charge in [0.05, 0.1) is 0 Å². The van der Waals surface area contributed by atoms with Crippen molar-refractivity contribution in [3.05, 3.63) is 58.6 Å². The van der Waals surface area contributed by atoms with Gasteiger partial charge in [0.15, 0.2) is 0 Å². The topological polar surface area (TPSA) is 48.6 Å². The maximum atomic E-state index is 11.6. The lowest BCUT2D eigenvalue weighted by molar-refractivity contribution is 1.26. The smallest absolute Gasteiger partial charge is 0.272 e. The minimum absolute atomic E-state index is 0.0820. The van der Waals surface area contributed by atoms with Gasteiger partial charge in [-0.2, -0.15) is 0 Å². The summed E-state index contributed by atoms with van der Waals surface area (Å²) in [6, 6.07) is 10.2. The van der Waals surface area contributed by atoms with E-state index in [-0.39, 0.29) is 5.56 Å². The summed E-state index contributed by atoms with van der Waals surface area (Å²) in [7, 11) is 0. The monoisotopic (exact) mass is 224 g/mol. The molecule has 0 saturated carbocycles. The first kappa shape index (κ1) is 9.90. The number of aromatic amines is 2. The zero-order valence-electron chi connectivity index (χ0n) is 9.45. The molecule has 0 aliphatic carbocycles. The Labute approximate surface area is 98.1 Å². The van der Waals surface area contributed by atoms with Crippen molar-refractivity contribution in [3.63, 3.8) is 0 Å². The molecule has 3 nitrogen and oxygen atoms in total. The summed E-state index contributed by atoms with van der Waals surface area (Å²) in [6.45, 7) is 2.06. The quantitative estimate of drug-likeness (QED) is 0.656. The summed E-state index contributed by atoms with van der Waals surface area (Å²) in [4.78, 5) is 17.3. The number of hydrogen-bond acceptors (Lipinski definition) is 1. The van der Waals surface area contributed by atoms with Gasteiger partial charge in [-0.05, 0) is 18.6 Å². The minimum Gasteiger partial charge on any atom is -0.356 e. The van der Waals surface area contributed by atoms with Gasteiger partial charge in [0.1, 0.15) is 5.52 Å². The van der Waals surface area contributed by atoms with Crippen LogP contribution in [0.5, 0.6) is 0 Å². The van der Waals surface area contributed by atoms with Gasteiger partial charge >= 0.3 is 0 Å². The predicted molar refractivity (Wildman–Crippen MR) is 69.1 cm³/mol. The van der Waals surface area contributed by atoms with E-state index in [0.717, 1.165) is 16.5 Å². The standard InChI is InChI=1S/C14H12N2O/c1-9-3-2-4-10(7-9)12-8-16-13-11(12)5-6-15-14(13)17/h2-8,16H,1H3,(H,15,17). The first-order chi connectivity index (χ1) is 8.25. The number of rotatable bonds is 1. The maximum Gasteiger partial charge on any atom is 0.272 e. The summed E-state index contributed by atoms with van der Waals surface area (Å²) in [6.07, 6.45) is 3.56. The molecule has 2 heterocycles. The average Bonchev–Trinajstić information content (AvgIpc) is 2.74. The van der Waals surface area contributed by atoms with Crippen LogP contribution < -0.4 is 5.56 Å². The lowest BCUT2D eigenvalue weighted by Gasteiger charge is -2.00. The Kier molecular flexibility index (Phi) is 2.11. The highest BCUT2D eigenvalue weighted by Crippen LogP contribution is 2.27. The Morgan fingerprint density at radius 1 is 1.12 bits per heavy atom. The summed E-state index contributed by atoms with van der Waals surface area (Å²) in [5, 5.41) is 0.958. The number of aryl methyl sites for hydroxylation is 1. The molecular weight excluding hydrogens is 212 g/mol. The molecule has 0 radical (unpaired) electrons. The fourth-order valence-corrected chi connectivity index (χ4v) is 2.12. The second kappa shape index (κ2) is 3.63. The number of H-pyrrole nitrogens is 2. The summed E-state index contributed by atoms with van der Waals surface area (Å²) < 4.78 is 0. The fraction of sp³-hybridized carbons (Fsp3) is 0.0714. The van der Waals surface area contributed by atoms with E-state index in [1.54, 1.807) is 6.20 Å². The van der Waals surface area contributed by atoms with Gasteiger partial charge in [0.25, 0.3) is 5.56 Å². The number of nitrogens with one attached hydrogen (secondary N) is 2. The molecule has 0 spiro atoms. The molecule has 1 aromatic carbocycles. The van der Waals surface area contributed by atoms with Gasteiger partial charge in [0.2, 0.25) is 0 Å². The molecule has 2 aromatic heterocycles. The van der Waals surface area contributed by atoms with Gasteiger partial charge in [-0.25, -0.2) is 0 Å². The van der Waals surface area contributed by atoms with E-state index in [1.165, 1.54) is 5.56 Å². The molecular formula is C14H12N2O. The van der Waals surface area contributed by atoms with E-state index in [9.17, 15) is 4.79 Å². The van der Waals surface area contributed by atoms with Crippen molar-refractivity contribution >= 4 is 10.9 Å². The lowest BCUT2D eigenvalue weighted by Crippen LogP contribution is -2.03. The number of pyridine rings is 1. The van der Waals surface area contributed by atoms with E-state index in [0.29, 0.717) is 5.52 Å². The van der Waals surface area contributed by atoms with Crippen LogP contribution in [0.1, 0.15) is 5.56 Å². The zero-order chi connectivity index (χ0) is 11.8. The molecule has 0 unspecified atom stereocenters. The van der Waals surface area contributed by atoms with Crippen molar-refractivity contribution in [3.8, 4) is 11.1 Å². The van der Waals surface area contributed by atoms with Crippen LogP contribution in [0.15, 0.2) is 47.5 Å². The largest absolute Gasteiger partial charge is 0.356 e. The number of fused-ring (bicyclic) bond motifs is 1. The predicted octanol–water partition coefficient (Wildman–Crippen LogP) is 2.83. The third-order valence-electron chi connectivity index (χ3n) is 2.94. The van der Waals surface area contributed by atoms with Gasteiger partial charge in [0, 0.05) is 23.3 Å². The van der Waals surface area contributed by atoms with Crippen molar-refractivity contribution in [2.75, 3.05) is 0 Å². The molecule has 0 saturated heterocycles. The van der Waals surface area contributed by atoms with Gasteiger partial charge in [-0.15, -0.1) is 0 Å². The van der Waals surface area contributed by atoms with Crippen LogP contribution in [0.3, 0.4) is 0 Å². The third kappa shape index (κ3) is 1.56. The van der Waals surface area contributed by atoms with Crippen molar-refractivity contribution < 1.29 is 0 Å². The molecule has 2 N–H and O–H groups in total. The number of benzene rings is 1. The Morgan fingerprint density at radius 3 is 2.82 bits per heavy atom. The first-order valence-corrected chi connectivity index (χ1v) is 5.51. The maximum absolute atomic E-state index is 11.6. The van der Waals surface area contributed by atoms with Crippen molar-refractivity contribution in [1.82, 2.24) is 9.97 Å².